The van der Waals surface area contributed by atoms with Crippen molar-refractivity contribution in [2.45, 2.75) is 34.1 Å². The lowest BCUT2D eigenvalue weighted by Crippen LogP contribution is -2.16. The molecule has 1 amide bonds. The van der Waals surface area contributed by atoms with Crippen LogP contribution in [-0.4, -0.2) is 5.91 Å². The smallest absolute Gasteiger partial charge is 0.228 e. The van der Waals surface area contributed by atoms with E-state index in [9.17, 15) is 4.79 Å². The molecule has 3 N–H and O–H groups in total. The Morgan fingerprint density at radius 2 is 1.67 bits per heavy atom. The van der Waals surface area contributed by atoms with Gasteiger partial charge in [0.1, 0.15) is 0 Å². The number of carbonyl (C=O) groups is 1. The Balaban J connectivity index is 2.15. The Morgan fingerprint density at radius 1 is 1.00 bits per heavy atom. The predicted octanol–water partition coefficient (Wildman–Crippen LogP) is 3.68. The fourth-order valence-electron chi connectivity index (χ4n) is 2.29. The second-order valence-electron chi connectivity index (χ2n) is 5.62. The summed E-state index contributed by atoms with van der Waals surface area (Å²) in [5.41, 5.74) is 12.9. The lowest BCUT2D eigenvalue weighted by molar-refractivity contribution is -0.115. The molecule has 2 aromatic carbocycles. The van der Waals surface area contributed by atoms with Gasteiger partial charge < -0.3 is 11.1 Å². The molecule has 0 heterocycles. The fraction of sp³-hybridized carbons (Fsp3) is 0.278. The third-order valence-corrected chi connectivity index (χ3v) is 3.97. The predicted molar refractivity (Wildman–Crippen MR) is 88.6 cm³/mol. The third-order valence-electron chi connectivity index (χ3n) is 3.97. The lowest BCUT2D eigenvalue weighted by atomic mass is 10.0. The molecule has 0 radical (unpaired) electrons. The van der Waals surface area contributed by atoms with E-state index in [-0.39, 0.29) is 5.91 Å². The van der Waals surface area contributed by atoms with Crippen molar-refractivity contribution in [2.75, 3.05) is 11.1 Å². The first-order chi connectivity index (χ1) is 9.88. The number of benzene rings is 2. The van der Waals surface area contributed by atoms with Crippen LogP contribution in [0.1, 0.15) is 27.8 Å². The van der Waals surface area contributed by atoms with Crippen molar-refractivity contribution in [1.82, 2.24) is 0 Å². The van der Waals surface area contributed by atoms with Gasteiger partial charge in [-0.25, -0.2) is 0 Å². The Bertz CT molecular complexity index is 690. The number of anilines is 2. The summed E-state index contributed by atoms with van der Waals surface area (Å²) in [6, 6.07) is 9.89. The Labute approximate surface area is 126 Å². The molecule has 2 aromatic rings. The van der Waals surface area contributed by atoms with Gasteiger partial charge in [0.05, 0.1) is 17.8 Å². The van der Waals surface area contributed by atoms with Gasteiger partial charge in [0.15, 0.2) is 0 Å². The SMILES string of the molecule is Cc1ccc(CC(=O)Nc2c(N)ccc(C)c2C)cc1C. The van der Waals surface area contributed by atoms with Gasteiger partial charge in [-0.1, -0.05) is 24.3 Å². The molecule has 0 saturated carbocycles. The molecule has 0 aliphatic heterocycles. The van der Waals surface area contributed by atoms with Crippen LogP contribution in [0.15, 0.2) is 30.3 Å². The Hall–Kier alpha value is -2.29. The van der Waals surface area contributed by atoms with Crippen LogP contribution >= 0.6 is 0 Å². The van der Waals surface area contributed by atoms with Crippen molar-refractivity contribution in [3.63, 3.8) is 0 Å². The van der Waals surface area contributed by atoms with Gasteiger partial charge in [-0.3, -0.25) is 4.79 Å². The molecule has 110 valence electrons. The summed E-state index contributed by atoms with van der Waals surface area (Å²) in [7, 11) is 0. The second kappa shape index (κ2) is 6.00. The molecule has 0 aromatic heterocycles. The summed E-state index contributed by atoms with van der Waals surface area (Å²) < 4.78 is 0. The summed E-state index contributed by atoms with van der Waals surface area (Å²) >= 11 is 0. The van der Waals surface area contributed by atoms with Crippen molar-refractivity contribution in [3.8, 4) is 0 Å². The minimum Gasteiger partial charge on any atom is -0.397 e. The number of hydrogen-bond acceptors (Lipinski definition) is 2. The molecular formula is C18H22N2O. The van der Waals surface area contributed by atoms with E-state index >= 15 is 0 Å². The number of rotatable bonds is 3. The van der Waals surface area contributed by atoms with Crippen LogP contribution in [-0.2, 0) is 11.2 Å². The van der Waals surface area contributed by atoms with Crippen molar-refractivity contribution >= 4 is 17.3 Å². The van der Waals surface area contributed by atoms with Gasteiger partial charge in [0, 0.05) is 0 Å². The van der Waals surface area contributed by atoms with Crippen molar-refractivity contribution in [1.29, 1.82) is 0 Å². The molecule has 0 saturated heterocycles. The molecule has 3 nitrogen and oxygen atoms in total. The summed E-state index contributed by atoms with van der Waals surface area (Å²) in [6.45, 7) is 8.10. The van der Waals surface area contributed by atoms with Gasteiger partial charge in [0.2, 0.25) is 5.91 Å². The van der Waals surface area contributed by atoms with Crippen LogP contribution < -0.4 is 11.1 Å². The quantitative estimate of drug-likeness (QED) is 0.844. The van der Waals surface area contributed by atoms with Crippen LogP contribution in [0, 0.1) is 27.7 Å². The molecule has 2 rings (SSSR count). The molecule has 0 atom stereocenters. The standard InChI is InChI=1S/C18H22N2O/c1-11-5-7-15(9-13(11)3)10-17(21)20-18-14(4)12(2)6-8-16(18)19/h5-9H,10,19H2,1-4H3,(H,20,21). The fourth-order valence-corrected chi connectivity index (χ4v) is 2.29. The summed E-state index contributed by atoms with van der Waals surface area (Å²) in [5, 5.41) is 2.94. The number of nitrogens with one attached hydrogen (secondary N) is 1. The van der Waals surface area contributed by atoms with Gasteiger partial charge in [-0.05, 0) is 61.6 Å². The molecule has 0 unspecified atom stereocenters. The highest BCUT2D eigenvalue weighted by Crippen LogP contribution is 2.26. The van der Waals surface area contributed by atoms with Crippen LogP contribution in [0.25, 0.3) is 0 Å². The van der Waals surface area contributed by atoms with Gasteiger partial charge in [-0.15, -0.1) is 0 Å². The minimum absolute atomic E-state index is 0.0429. The number of nitrogens with two attached hydrogens (primary N) is 1. The second-order valence-corrected chi connectivity index (χ2v) is 5.62. The van der Waals surface area contributed by atoms with Crippen molar-refractivity contribution in [2.24, 2.45) is 0 Å². The molecule has 0 aliphatic carbocycles. The topological polar surface area (TPSA) is 55.1 Å². The number of nitrogen functional groups attached to an aromatic ring is 1. The highest BCUT2D eigenvalue weighted by molar-refractivity contribution is 5.96. The highest BCUT2D eigenvalue weighted by atomic mass is 16.1. The normalized spacial score (nSPS) is 10.5. The number of carbonyl (C=O) groups excluding carboxylic acids is 1. The van der Waals surface area contributed by atoms with E-state index in [0.29, 0.717) is 12.1 Å². The van der Waals surface area contributed by atoms with E-state index in [1.807, 2.05) is 38.1 Å². The average molecular weight is 282 g/mol. The van der Waals surface area contributed by atoms with Gasteiger partial charge in [-0.2, -0.15) is 0 Å². The maximum atomic E-state index is 12.2. The maximum absolute atomic E-state index is 12.2. The summed E-state index contributed by atoms with van der Waals surface area (Å²) in [5.74, 6) is -0.0429. The molecule has 0 aliphatic rings. The maximum Gasteiger partial charge on any atom is 0.228 e. The highest BCUT2D eigenvalue weighted by Gasteiger charge is 2.10. The molecular weight excluding hydrogens is 260 g/mol. The first-order valence-electron chi connectivity index (χ1n) is 7.10. The Kier molecular flexibility index (Phi) is 4.32. The third kappa shape index (κ3) is 3.43. The number of aryl methyl sites for hydroxylation is 3. The largest absolute Gasteiger partial charge is 0.397 e. The van der Waals surface area contributed by atoms with Crippen molar-refractivity contribution < 1.29 is 4.79 Å². The molecule has 21 heavy (non-hydrogen) atoms. The zero-order chi connectivity index (χ0) is 15.6. The number of amides is 1. The van der Waals surface area contributed by atoms with E-state index in [1.54, 1.807) is 0 Å². The summed E-state index contributed by atoms with van der Waals surface area (Å²) in [6.07, 6.45) is 0.355. The first-order valence-corrected chi connectivity index (χ1v) is 7.10. The lowest BCUT2D eigenvalue weighted by Gasteiger charge is -2.13. The average Bonchev–Trinajstić information content (AvgIpc) is 2.43. The van der Waals surface area contributed by atoms with E-state index < -0.39 is 0 Å². The van der Waals surface area contributed by atoms with Gasteiger partial charge >= 0.3 is 0 Å². The first kappa shape index (κ1) is 15.1. The number of hydrogen-bond donors (Lipinski definition) is 2. The zero-order valence-electron chi connectivity index (χ0n) is 13.1. The van der Waals surface area contributed by atoms with Crippen LogP contribution in [0.5, 0.6) is 0 Å². The van der Waals surface area contributed by atoms with E-state index in [0.717, 1.165) is 22.4 Å². The molecule has 0 spiro atoms. The van der Waals surface area contributed by atoms with Gasteiger partial charge in [0.25, 0.3) is 0 Å². The minimum atomic E-state index is -0.0429. The van der Waals surface area contributed by atoms with Crippen LogP contribution in [0.3, 0.4) is 0 Å². The molecule has 3 heteroatoms. The van der Waals surface area contributed by atoms with E-state index in [1.165, 1.54) is 11.1 Å². The molecule has 0 fully saturated rings. The van der Waals surface area contributed by atoms with Crippen molar-refractivity contribution in [3.05, 3.63) is 58.1 Å². The summed E-state index contributed by atoms with van der Waals surface area (Å²) in [4.78, 5) is 12.2. The van der Waals surface area contributed by atoms with Crippen LogP contribution in [0.4, 0.5) is 11.4 Å². The monoisotopic (exact) mass is 282 g/mol. The zero-order valence-corrected chi connectivity index (χ0v) is 13.1. The van der Waals surface area contributed by atoms with E-state index in [2.05, 4.69) is 25.2 Å². The van der Waals surface area contributed by atoms with Crippen LogP contribution in [0.2, 0.25) is 0 Å². The molecule has 0 bridgehead atoms. The van der Waals surface area contributed by atoms with E-state index in [4.69, 9.17) is 5.73 Å². The Morgan fingerprint density at radius 3 is 2.33 bits per heavy atom.